The topological polar surface area (TPSA) is 64.4 Å². The number of para-hydroxylation sites is 2. The van der Waals surface area contributed by atoms with Crippen LogP contribution >= 0.6 is 0 Å². The van der Waals surface area contributed by atoms with E-state index in [4.69, 9.17) is 9.15 Å². The maximum atomic E-state index is 11.8. The Morgan fingerprint density at radius 1 is 1.21 bits per heavy atom. The summed E-state index contributed by atoms with van der Waals surface area (Å²) in [7, 11) is 0. The molecule has 0 unspecified atom stereocenters. The third kappa shape index (κ3) is 4.23. The minimum absolute atomic E-state index is 0.218. The number of fused-ring (bicyclic) bond motifs is 1. The van der Waals surface area contributed by atoms with Crippen LogP contribution in [0.4, 0.5) is 0 Å². The standard InChI is InChI=1S/C19H18N2O3/c1-14-6-8-15(9-7-14)23-13-12-20-18(22)10-11-19-21-16-4-2-3-5-17(16)24-19/h2-11H,12-13H2,1H3,(H,20,22)/b11-10+. The molecule has 5 heteroatoms. The van der Waals surface area contributed by atoms with Gasteiger partial charge in [0, 0.05) is 12.2 Å². The largest absolute Gasteiger partial charge is 0.492 e. The second-order valence-electron chi connectivity index (χ2n) is 5.31. The molecule has 1 N–H and O–H groups in total. The molecule has 0 aliphatic heterocycles. The average Bonchev–Trinajstić information content (AvgIpc) is 3.01. The van der Waals surface area contributed by atoms with E-state index in [9.17, 15) is 4.79 Å². The summed E-state index contributed by atoms with van der Waals surface area (Å²) in [6.07, 6.45) is 2.95. The van der Waals surface area contributed by atoms with Gasteiger partial charge >= 0.3 is 0 Å². The molecule has 24 heavy (non-hydrogen) atoms. The molecule has 0 radical (unpaired) electrons. The average molecular weight is 322 g/mol. The van der Waals surface area contributed by atoms with Crippen molar-refractivity contribution >= 4 is 23.1 Å². The van der Waals surface area contributed by atoms with Gasteiger partial charge in [-0.3, -0.25) is 4.79 Å². The van der Waals surface area contributed by atoms with E-state index < -0.39 is 0 Å². The van der Waals surface area contributed by atoms with Gasteiger partial charge in [-0.1, -0.05) is 29.8 Å². The van der Waals surface area contributed by atoms with E-state index in [0.717, 1.165) is 11.3 Å². The zero-order valence-electron chi connectivity index (χ0n) is 13.4. The molecule has 1 heterocycles. The summed E-state index contributed by atoms with van der Waals surface area (Å²) in [5.74, 6) is 0.976. The first-order valence-electron chi connectivity index (χ1n) is 7.72. The van der Waals surface area contributed by atoms with Gasteiger partial charge in [-0.15, -0.1) is 0 Å². The van der Waals surface area contributed by atoms with Crippen LogP contribution in [0, 0.1) is 6.92 Å². The van der Waals surface area contributed by atoms with Crippen LogP contribution in [0.25, 0.3) is 17.2 Å². The van der Waals surface area contributed by atoms with Crippen LogP contribution in [0.3, 0.4) is 0 Å². The minimum Gasteiger partial charge on any atom is -0.492 e. The lowest BCUT2D eigenvalue weighted by molar-refractivity contribution is -0.116. The molecule has 1 amide bonds. The summed E-state index contributed by atoms with van der Waals surface area (Å²) in [5.41, 5.74) is 2.65. The third-order valence-electron chi connectivity index (χ3n) is 3.38. The van der Waals surface area contributed by atoms with Gasteiger partial charge in [0.2, 0.25) is 11.8 Å². The van der Waals surface area contributed by atoms with Gasteiger partial charge in [0.25, 0.3) is 0 Å². The highest BCUT2D eigenvalue weighted by Gasteiger charge is 2.02. The van der Waals surface area contributed by atoms with E-state index in [1.807, 2.05) is 55.5 Å². The molecular formula is C19H18N2O3. The van der Waals surface area contributed by atoms with Crippen molar-refractivity contribution in [3.63, 3.8) is 0 Å². The number of aromatic nitrogens is 1. The number of rotatable bonds is 6. The van der Waals surface area contributed by atoms with Crippen molar-refractivity contribution in [1.29, 1.82) is 0 Å². The molecule has 1 aromatic heterocycles. The summed E-state index contributed by atoms with van der Waals surface area (Å²) in [6.45, 7) is 2.85. The number of nitrogens with zero attached hydrogens (tertiary/aromatic N) is 1. The Bertz CT molecular complexity index is 817. The molecule has 5 nitrogen and oxygen atoms in total. The number of oxazole rings is 1. The third-order valence-corrected chi connectivity index (χ3v) is 3.38. The van der Waals surface area contributed by atoms with E-state index >= 15 is 0 Å². The van der Waals surface area contributed by atoms with Crippen LogP contribution in [-0.4, -0.2) is 24.0 Å². The number of benzene rings is 2. The quantitative estimate of drug-likeness (QED) is 0.558. The van der Waals surface area contributed by atoms with Crippen LogP contribution in [-0.2, 0) is 4.79 Å². The van der Waals surface area contributed by atoms with E-state index in [1.165, 1.54) is 11.6 Å². The summed E-state index contributed by atoms with van der Waals surface area (Å²) >= 11 is 0. The Balaban J connectivity index is 1.44. The molecular weight excluding hydrogens is 304 g/mol. The molecule has 122 valence electrons. The van der Waals surface area contributed by atoms with Crippen LogP contribution in [0.5, 0.6) is 5.75 Å². The van der Waals surface area contributed by atoms with Crippen molar-refractivity contribution in [3.05, 3.63) is 66.1 Å². The highest BCUT2D eigenvalue weighted by Crippen LogP contribution is 2.15. The van der Waals surface area contributed by atoms with Gasteiger partial charge in [0.1, 0.15) is 17.9 Å². The molecule has 0 saturated heterocycles. The van der Waals surface area contributed by atoms with Crippen molar-refractivity contribution in [2.45, 2.75) is 6.92 Å². The number of nitrogens with one attached hydrogen (secondary N) is 1. The summed E-state index contributed by atoms with van der Waals surface area (Å²) in [6, 6.07) is 15.2. The first kappa shape index (κ1) is 15.8. The summed E-state index contributed by atoms with van der Waals surface area (Å²) in [5, 5.41) is 2.75. The maximum Gasteiger partial charge on any atom is 0.244 e. The van der Waals surface area contributed by atoms with Crippen molar-refractivity contribution in [2.75, 3.05) is 13.2 Å². The SMILES string of the molecule is Cc1ccc(OCCNC(=O)/C=C/c2nc3ccccc3o2)cc1. The van der Waals surface area contributed by atoms with Gasteiger partial charge in [0.05, 0.1) is 6.54 Å². The number of hydrogen-bond acceptors (Lipinski definition) is 4. The van der Waals surface area contributed by atoms with Crippen molar-refractivity contribution < 1.29 is 13.9 Å². The number of ether oxygens (including phenoxy) is 1. The first-order valence-corrected chi connectivity index (χ1v) is 7.72. The van der Waals surface area contributed by atoms with E-state index in [-0.39, 0.29) is 5.91 Å². The van der Waals surface area contributed by atoms with Gasteiger partial charge in [-0.2, -0.15) is 0 Å². The first-order chi connectivity index (χ1) is 11.7. The van der Waals surface area contributed by atoms with E-state index in [1.54, 1.807) is 6.08 Å². The normalized spacial score (nSPS) is 11.0. The summed E-state index contributed by atoms with van der Waals surface area (Å²) in [4.78, 5) is 16.0. The Morgan fingerprint density at radius 2 is 2.00 bits per heavy atom. The number of carbonyl (C=O) groups is 1. The molecule has 0 aliphatic rings. The molecule has 0 saturated carbocycles. The lowest BCUT2D eigenvalue weighted by Gasteiger charge is -2.06. The fraction of sp³-hybridized carbons (Fsp3) is 0.158. The highest BCUT2D eigenvalue weighted by molar-refractivity contribution is 5.91. The molecule has 0 bridgehead atoms. The molecule has 3 aromatic rings. The van der Waals surface area contributed by atoms with Crippen molar-refractivity contribution in [3.8, 4) is 5.75 Å². The van der Waals surface area contributed by atoms with Gasteiger partial charge in [0.15, 0.2) is 5.58 Å². The number of hydrogen-bond donors (Lipinski definition) is 1. The van der Waals surface area contributed by atoms with Crippen LogP contribution in [0.2, 0.25) is 0 Å². The Hall–Kier alpha value is -3.08. The van der Waals surface area contributed by atoms with Gasteiger partial charge in [-0.05, 0) is 31.2 Å². The Labute approximate surface area is 140 Å². The van der Waals surface area contributed by atoms with Crippen molar-refractivity contribution in [2.24, 2.45) is 0 Å². The maximum absolute atomic E-state index is 11.8. The second-order valence-corrected chi connectivity index (χ2v) is 5.31. The molecule has 0 spiro atoms. The number of carbonyl (C=O) groups excluding carboxylic acids is 1. The van der Waals surface area contributed by atoms with E-state index in [0.29, 0.717) is 24.6 Å². The molecule has 0 atom stereocenters. The fourth-order valence-corrected chi connectivity index (χ4v) is 2.14. The Morgan fingerprint density at radius 3 is 2.79 bits per heavy atom. The second kappa shape index (κ2) is 7.46. The monoisotopic (exact) mass is 322 g/mol. The minimum atomic E-state index is -0.218. The number of aryl methyl sites for hydroxylation is 1. The van der Waals surface area contributed by atoms with Crippen LogP contribution in [0.1, 0.15) is 11.5 Å². The van der Waals surface area contributed by atoms with Crippen LogP contribution in [0.15, 0.2) is 59.0 Å². The van der Waals surface area contributed by atoms with Crippen LogP contribution < -0.4 is 10.1 Å². The summed E-state index contributed by atoms with van der Waals surface area (Å²) < 4.78 is 11.1. The molecule has 0 aliphatic carbocycles. The molecule has 2 aromatic carbocycles. The van der Waals surface area contributed by atoms with Gasteiger partial charge in [-0.25, -0.2) is 4.98 Å². The lowest BCUT2D eigenvalue weighted by atomic mass is 10.2. The zero-order chi connectivity index (χ0) is 16.8. The smallest absolute Gasteiger partial charge is 0.244 e. The zero-order valence-corrected chi connectivity index (χ0v) is 13.4. The van der Waals surface area contributed by atoms with Gasteiger partial charge < -0.3 is 14.5 Å². The predicted molar refractivity (Wildman–Crippen MR) is 92.7 cm³/mol. The van der Waals surface area contributed by atoms with E-state index in [2.05, 4.69) is 10.3 Å². The molecule has 3 rings (SSSR count). The lowest BCUT2D eigenvalue weighted by Crippen LogP contribution is -2.26. The number of amides is 1. The highest BCUT2D eigenvalue weighted by atomic mass is 16.5. The van der Waals surface area contributed by atoms with Crippen molar-refractivity contribution in [1.82, 2.24) is 10.3 Å². The fourth-order valence-electron chi connectivity index (χ4n) is 2.14. The predicted octanol–water partition coefficient (Wildman–Crippen LogP) is 3.34. The molecule has 0 fully saturated rings. The Kier molecular flexibility index (Phi) is 4.91.